The monoisotopic (exact) mass is 456 g/mol. The largest absolute Gasteiger partial charge is 0.206 e. The lowest BCUT2D eigenvalue weighted by molar-refractivity contribution is 0.303. The van der Waals surface area contributed by atoms with Crippen molar-refractivity contribution in [3.8, 4) is 22.3 Å². The maximum absolute atomic E-state index is 15.0. The molecule has 0 amide bonds. The second-order valence-electron chi connectivity index (χ2n) is 9.10. The van der Waals surface area contributed by atoms with Crippen molar-refractivity contribution in [2.24, 2.45) is 5.92 Å². The molecular weight excluding hydrogens is 424 g/mol. The lowest BCUT2D eigenvalue weighted by Crippen LogP contribution is -2.13. The van der Waals surface area contributed by atoms with Gasteiger partial charge in [-0.3, -0.25) is 0 Å². The molecule has 0 radical (unpaired) electrons. The summed E-state index contributed by atoms with van der Waals surface area (Å²) in [6.07, 6.45) is 10.1. The molecule has 3 aromatic rings. The van der Waals surface area contributed by atoms with Gasteiger partial charge in [0.05, 0.1) is 2.74 Å². The molecule has 0 nitrogen and oxygen atoms in total. The van der Waals surface area contributed by atoms with Gasteiger partial charge in [-0.05, 0) is 77.9 Å². The number of benzene rings is 3. The van der Waals surface area contributed by atoms with E-state index in [1.165, 1.54) is 69.1 Å². The Morgan fingerprint density at radius 1 is 0.758 bits per heavy atom. The van der Waals surface area contributed by atoms with Gasteiger partial charge in [-0.25, -0.2) is 17.6 Å². The van der Waals surface area contributed by atoms with E-state index in [4.69, 9.17) is 2.74 Å². The van der Waals surface area contributed by atoms with Crippen LogP contribution in [0.25, 0.3) is 22.3 Å². The lowest BCUT2D eigenvalue weighted by atomic mass is 9.77. The van der Waals surface area contributed by atoms with E-state index >= 15 is 0 Å². The van der Waals surface area contributed by atoms with E-state index in [1.807, 2.05) is 12.1 Å². The number of hydrogen-bond donors (Lipinski definition) is 0. The molecule has 0 unspecified atom stereocenters. The molecule has 0 N–H and O–H groups in total. The first-order valence-electron chi connectivity index (χ1n) is 12.9. The quantitative estimate of drug-likeness (QED) is 0.189. The molecule has 0 spiro atoms. The molecule has 1 aliphatic rings. The first-order valence-corrected chi connectivity index (χ1v) is 11.9. The zero-order chi connectivity index (χ0) is 25.1. The van der Waals surface area contributed by atoms with Crippen LogP contribution in [-0.2, 0) is 0 Å². The van der Waals surface area contributed by atoms with E-state index in [0.29, 0.717) is 11.5 Å². The van der Waals surface area contributed by atoms with Gasteiger partial charge < -0.3 is 0 Å². The highest BCUT2D eigenvalue weighted by Gasteiger charge is 2.22. The van der Waals surface area contributed by atoms with Crippen molar-refractivity contribution >= 4 is 0 Å². The van der Waals surface area contributed by atoms with Crippen LogP contribution in [0.4, 0.5) is 17.6 Å². The van der Waals surface area contributed by atoms with Crippen LogP contribution < -0.4 is 0 Å². The third-order valence-electron chi connectivity index (χ3n) is 6.87. The fraction of sp³-hybridized carbons (Fsp3) is 0.379. The molecule has 33 heavy (non-hydrogen) atoms. The Labute approximate surface area is 196 Å². The molecule has 1 saturated carbocycles. The molecule has 0 aliphatic heterocycles. The maximum atomic E-state index is 15.0. The summed E-state index contributed by atoms with van der Waals surface area (Å²) in [5, 5.41) is 0. The fourth-order valence-corrected chi connectivity index (χ4v) is 4.90. The molecule has 4 heteroatoms. The molecule has 0 heterocycles. The van der Waals surface area contributed by atoms with Crippen LogP contribution >= 0.6 is 0 Å². The minimum absolute atomic E-state index is 0.311. The minimum Gasteiger partial charge on any atom is -0.206 e. The lowest BCUT2D eigenvalue weighted by Gasteiger charge is -2.29. The number of rotatable bonds is 7. The van der Waals surface area contributed by atoms with Crippen molar-refractivity contribution in [1.82, 2.24) is 0 Å². The molecule has 0 saturated heterocycles. The zero-order valence-corrected chi connectivity index (χ0v) is 18.9. The topological polar surface area (TPSA) is 0 Å². The van der Waals surface area contributed by atoms with Crippen LogP contribution in [0.2, 0.25) is 0 Å². The van der Waals surface area contributed by atoms with Gasteiger partial charge >= 0.3 is 0 Å². The Morgan fingerprint density at radius 3 is 2.00 bits per heavy atom. The van der Waals surface area contributed by atoms with Crippen LogP contribution in [0.3, 0.4) is 0 Å². The molecule has 3 aromatic carbocycles. The molecule has 174 valence electrons. The van der Waals surface area contributed by atoms with E-state index < -0.39 is 40.9 Å². The SMILES string of the molecule is [2H]c1c(F)c(F)c(F)c([2H])c1-c1ccc(-c2ccc(C3CCC(CCCCC)CC3)cc2)cc1F. The Bertz CT molecular complexity index is 1150. The normalized spacial score (nSPS) is 19.3. The van der Waals surface area contributed by atoms with Crippen molar-refractivity contribution < 1.29 is 20.3 Å². The Morgan fingerprint density at radius 2 is 1.39 bits per heavy atom. The van der Waals surface area contributed by atoms with Crippen molar-refractivity contribution in [3.05, 3.63) is 83.4 Å². The van der Waals surface area contributed by atoms with Crippen LogP contribution in [-0.4, -0.2) is 0 Å². The van der Waals surface area contributed by atoms with Crippen molar-refractivity contribution in [2.75, 3.05) is 0 Å². The van der Waals surface area contributed by atoms with Gasteiger partial charge in [0.2, 0.25) is 0 Å². The Hall–Kier alpha value is -2.62. The highest BCUT2D eigenvalue weighted by Crippen LogP contribution is 2.38. The highest BCUT2D eigenvalue weighted by atomic mass is 19.2. The summed E-state index contributed by atoms with van der Waals surface area (Å²) in [5.41, 5.74) is 1.73. The first-order chi connectivity index (χ1) is 16.8. The van der Waals surface area contributed by atoms with Gasteiger partial charge in [0.15, 0.2) is 17.5 Å². The van der Waals surface area contributed by atoms with Gasteiger partial charge in [-0.1, -0.05) is 69.0 Å². The molecule has 1 aliphatic carbocycles. The molecular formula is C29H30F4. The average molecular weight is 457 g/mol. The molecule has 4 rings (SSSR count). The van der Waals surface area contributed by atoms with Crippen LogP contribution in [0.1, 0.15) is 72.5 Å². The molecule has 1 fully saturated rings. The molecule has 0 atom stereocenters. The summed E-state index contributed by atoms with van der Waals surface area (Å²) in [6, 6.07) is 10.0. The van der Waals surface area contributed by atoms with Crippen LogP contribution in [0.5, 0.6) is 0 Å². The van der Waals surface area contributed by atoms with Crippen molar-refractivity contribution in [2.45, 2.75) is 64.2 Å². The van der Waals surface area contributed by atoms with E-state index in [0.717, 1.165) is 11.5 Å². The number of unbranched alkanes of at least 4 members (excludes halogenated alkanes) is 2. The van der Waals surface area contributed by atoms with Gasteiger partial charge in [0.25, 0.3) is 0 Å². The first kappa shape index (κ1) is 20.9. The summed E-state index contributed by atoms with van der Waals surface area (Å²) in [4.78, 5) is 0. The molecule has 0 bridgehead atoms. The average Bonchev–Trinajstić information content (AvgIpc) is 2.88. The summed E-state index contributed by atoms with van der Waals surface area (Å²) >= 11 is 0. The van der Waals surface area contributed by atoms with E-state index in [1.54, 1.807) is 6.07 Å². The molecule has 0 aromatic heterocycles. The summed E-state index contributed by atoms with van der Waals surface area (Å²) < 4.78 is 71.7. The number of halogens is 4. The predicted octanol–water partition coefficient (Wildman–Crippen LogP) is 9.43. The summed E-state index contributed by atoms with van der Waals surface area (Å²) in [7, 11) is 0. The van der Waals surface area contributed by atoms with E-state index in [2.05, 4.69) is 19.1 Å². The minimum atomic E-state index is -1.90. The van der Waals surface area contributed by atoms with Crippen molar-refractivity contribution in [3.63, 3.8) is 0 Å². The summed E-state index contributed by atoms with van der Waals surface area (Å²) in [6.45, 7) is 2.23. The van der Waals surface area contributed by atoms with Gasteiger partial charge in [-0.15, -0.1) is 0 Å². The second kappa shape index (κ2) is 10.5. The van der Waals surface area contributed by atoms with E-state index in [9.17, 15) is 17.6 Å². The third-order valence-corrected chi connectivity index (χ3v) is 6.87. The summed E-state index contributed by atoms with van der Waals surface area (Å²) in [5.74, 6) is -4.81. The smallest absolute Gasteiger partial charge is 0.194 e. The Balaban J connectivity index is 1.50. The standard InChI is InChI=1S/C29H30F4/c1-2-3-4-5-19-6-8-20(9-7-19)21-10-12-22(13-11-21)23-14-15-25(26(30)16-23)24-17-27(31)29(33)28(32)18-24/h10-20H,2-9H2,1H3/i17D,18D. The van der Waals surface area contributed by atoms with Gasteiger partial charge in [0, 0.05) is 5.56 Å². The fourth-order valence-electron chi connectivity index (χ4n) is 4.90. The third kappa shape index (κ3) is 5.48. The van der Waals surface area contributed by atoms with Gasteiger partial charge in [0.1, 0.15) is 5.82 Å². The van der Waals surface area contributed by atoms with Crippen LogP contribution in [0, 0.1) is 29.2 Å². The number of hydrogen-bond acceptors (Lipinski definition) is 0. The van der Waals surface area contributed by atoms with Crippen molar-refractivity contribution in [1.29, 1.82) is 0 Å². The second-order valence-corrected chi connectivity index (χ2v) is 9.10. The predicted molar refractivity (Wildman–Crippen MR) is 126 cm³/mol. The van der Waals surface area contributed by atoms with E-state index in [-0.39, 0.29) is 5.56 Å². The highest BCUT2D eigenvalue weighted by molar-refractivity contribution is 5.71. The van der Waals surface area contributed by atoms with Gasteiger partial charge in [-0.2, -0.15) is 0 Å². The van der Waals surface area contributed by atoms with Crippen LogP contribution in [0.15, 0.2) is 54.5 Å². The zero-order valence-electron chi connectivity index (χ0n) is 20.9. The Kier molecular flexibility index (Phi) is 6.69. The maximum Gasteiger partial charge on any atom is 0.194 e.